The standard InChI is InChI=1S/C24H21BrClFN2O3/c25-17-2-1-14(20(27)5-17)12-29-22-15(11-28-29)4-18(26)6-19(22)21(30)3-13-7-24(8-13)9-16(10-24)23(31)32/h1-2,4-6,11,13,16H,3,7-10,12H2,(H,31,32). The number of hydrogen-bond donors (Lipinski definition) is 1. The van der Waals surface area contributed by atoms with E-state index in [9.17, 15) is 14.0 Å². The van der Waals surface area contributed by atoms with E-state index in [-0.39, 0.29) is 35.4 Å². The molecule has 0 atom stereocenters. The molecule has 8 heteroatoms. The van der Waals surface area contributed by atoms with Crippen LogP contribution in [0.25, 0.3) is 10.9 Å². The van der Waals surface area contributed by atoms with Crippen molar-refractivity contribution in [1.29, 1.82) is 0 Å². The fourth-order valence-corrected chi connectivity index (χ4v) is 6.07. The minimum atomic E-state index is -0.716. The Bertz CT molecular complexity index is 1240. The van der Waals surface area contributed by atoms with E-state index in [4.69, 9.17) is 16.7 Å². The molecule has 0 saturated heterocycles. The van der Waals surface area contributed by atoms with E-state index < -0.39 is 5.97 Å². The van der Waals surface area contributed by atoms with Crippen molar-refractivity contribution < 1.29 is 19.1 Å². The predicted octanol–water partition coefficient (Wildman–Crippen LogP) is 6.10. The van der Waals surface area contributed by atoms with Crippen molar-refractivity contribution in [2.45, 2.75) is 38.6 Å². The number of fused-ring (bicyclic) bond motifs is 1. The number of aliphatic carboxylic acids is 1. The molecule has 0 aliphatic heterocycles. The van der Waals surface area contributed by atoms with Crippen LogP contribution >= 0.6 is 27.5 Å². The van der Waals surface area contributed by atoms with Crippen LogP contribution in [0.1, 0.15) is 48.0 Å². The fraction of sp³-hybridized carbons (Fsp3) is 0.375. The lowest BCUT2D eigenvalue weighted by Crippen LogP contribution is -2.50. The zero-order valence-corrected chi connectivity index (χ0v) is 19.5. The van der Waals surface area contributed by atoms with Gasteiger partial charge in [0.25, 0.3) is 0 Å². The number of aromatic nitrogens is 2. The molecule has 0 amide bonds. The minimum absolute atomic E-state index is 0.00974. The molecule has 0 bridgehead atoms. The van der Waals surface area contributed by atoms with Gasteiger partial charge in [0.2, 0.25) is 0 Å². The third-order valence-corrected chi connectivity index (χ3v) is 7.67. The van der Waals surface area contributed by atoms with E-state index in [2.05, 4.69) is 21.0 Å². The Morgan fingerprint density at radius 2 is 1.97 bits per heavy atom. The monoisotopic (exact) mass is 518 g/mol. The molecule has 1 N–H and O–H groups in total. The molecular weight excluding hydrogens is 499 g/mol. The van der Waals surface area contributed by atoms with Gasteiger partial charge in [-0.15, -0.1) is 0 Å². The molecule has 32 heavy (non-hydrogen) atoms. The maximum atomic E-state index is 14.4. The van der Waals surface area contributed by atoms with Crippen molar-refractivity contribution in [1.82, 2.24) is 9.78 Å². The first-order valence-corrected chi connectivity index (χ1v) is 11.8. The molecule has 166 valence electrons. The number of carbonyl (C=O) groups is 2. The summed E-state index contributed by atoms with van der Waals surface area (Å²) in [5.74, 6) is -1.04. The number of halogens is 3. The normalized spacial score (nSPS) is 24.3. The molecule has 2 aliphatic rings. The highest BCUT2D eigenvalue weighted by Crippen LogP contribution is 2.62. The number of carbonyl (C=O) groups excluding carboxylic acids is 1. The van der Waals surface area contributed by atoms with E-state index in [1.807, 2.05) is 0 Å². The summed E-state index contributed by atoms with van der Waals surface area (Å²) in [6.07, 6.45) is 5.28. The summed E-state index contributed by atoms with van der Waals surface area (Å²) in [6, 6.07) is 8.30. The zero-order valence-electron chi connectivity index (χ0n) is 17.2. The lowest BCUT2D eigenvalue weighted by molar-refractivity contribution is -0.157. The molecule has 0 unspecified atom stereocenters. The summed E-state index contributed by atoms with van der Waals surface area (Å²) < 4.78 is 16.7. The largest absolute Gasteiger partial charge is 0.481 e. The summed E-state index contributed by atoms with van der Waals surface area (Å²) in [4.78, 5) is 24.3. The van der Waals surface area contributed by atoms with Gasteiger partial charge in [-0.2, -0.15) is 5.10 Å². The van der Waals surface area contributed by atoms with Crippen molar-refractivity contribution in [3.8, 4) is 0 Å². The van der Waals surface area contributed by atoms with Gasteiger partial charge in [-0.25, -0.2) is 4.39 Å². The van der Waals surface area contributed by atoms with Crippen molar-refractivity contribution in [3.63, 3.8) is 0 Å². The average molecular weight is 520 g/mol. The molecule has 2 aliphatic carbocycles. The molecular formula is C24H21BrClFN2O3. The molecule has 2 fully saturated rings. The maximum Gasteiger partial charge on any atom is 0.306 e. The highest BCUT2D eigenvalue weighted by molar-refractivity contribution is 9.10. The highest BCUT2D eigenvalue weighted by Gasteiger charge is 2.54. The summed E-state index contributed by atoms with van der Waals surface area (Å²) in [5.41, 5.74) is 1.76. The van der Waals surface area contributed by atoms with Crippen LogP contribution in [-0.4, -0.2) is 26.6 Å². The molecule has 1 spiro atoms. The Labute approximate surface area is 197 Å². The predicted molar refractivity (Wildman–Crippen MR) is 122 cm³/mol. The molecule has 0 radical (unpaired) electrons. The minimum Gasteiger partial charge on any atom is -0.481 e. The molecule has 5 rings (SSSR count). The fourth-order valence-electron chi connectivity index (χ4n) is 5.52. The SMILES string of the molecule is O=C(CC1CC2(C1)CC(C(=O)O)C2)c1cc(Cl)cc2cnn(Cc3ccc(Br)cc3F)c12. The number of carboxylic acid groups (broad SMARTS) is 1. The van der Waals surface area contributed by atoms with Gasteiger partial charge >= 0.3 is 5.97 Å². The summed E-state index contributed by atoms with van der Waals surface area (Å²) in [7, 11) is 0. The molecule has 5 nitrogen and oxygen atoms in total. The average Bonchev–Trinajstić information content (AvgIpc) is 3.06. The number of benzene rings is 2. The van der Waals surface area contributed by atoms with Gasteiger partial charge in [0.15, 0.2) is 5.78 Å². The van der Waals surface area contributed by atoms with Crippen molar-refractivity contribution in [3.05, 3.63) is 63.0 Å². The Hall–Kier alpha value is -2.25. The number of Topliss-reactive ketones (excluding diaryl/α,β-unsaturated/α-hetero) is 1. The second-order valence-corrected chi connectivity index (χ2v) is 10.6. The summed E-state index contributed by atoms with van der Waals surface area (Å²) in [5, 5.41) is 14.7. The van der Waals surface area contributed by atoms with Crippen LogP contribution in [0.4, 0.5) is 4.39 Å². The van der Waals surface area contributed by atoms with Crippen molar-refractivity contribution in [2.75, 3.05) is 0 Å². The Balaban J connectivity index is 1.36. The first-order chi connectivity index (χ1) is 15.2. The van der Waals surface area contributed by atoms with Gasteiger partial charge < -0.3 is 5.11 Å². The smallest absolute Gasteiger partial charge is 0.306 e. The maximum absolute atomic E-state index is 14.4. The van der Waals surface area contributed by atoms with Crippen LogP contribution in [-0.2, 0) is 11.3 Å². The molecule has 1 aromatic heterocycles. The van der Waals surface area contributed by atoms with Gasteiger partial charge in [-0.1, -0.05) is 33.6 Å². The first kappa shape index (κ1) is 21.6. The van der Waals surface area contributed by atoms with E-state index in [1.54, 1.807) is 35.1 Å². The summed E-state index contributed by atoms with van der Waals surface area (Å²) >= 11 is 9.54. The van der Waals surface area contributed by atoms with Crippen LogP contribution in [0.5, 0.6) is 0 Å². The molecule has 1 heterocycles. The van der Waals surface area contributed by atoms with E-state index in [0.29, 0.717) is 32.6 Å². The van der Waals surface area contributed by atoms with Crippen LogP contribution in [0, 0.1) is 23.1 Å². The van der Waals surface area contributed by atoms with E-state index in [1.165, 1.54) is 6.07 Å². The summed E-state index contributed by atoms with van der Waals surface area (Å²) in [6.45, 7) is 0.202. The number of ketones is 1. The Morgan fingerprint density at radius 3 is 2.66 bits per heavy atom. The van der Waals surface area contributed by atoms with Gasteiger partial charge in [0, 0.05) is 32.4 Å². The van der Waals surface area contributed by atoms with Crippen molar-refractivity contribution in [2.24, 2.45) is 17.3 Å². The Kier molecular flexibility index (Phi) is 5.37. The van der Waals surface area contributed by atoms with Crippen molar-refractivity contribution >= 4 is 50.2 Å². The number of hydrogen-bond acceptors (Lipinski definition) is 3. The molecule has 3 aromatic rings. The third-order valence-electron chi connectivity index (χ3n) is 6.96. The first-order valence-electron chi connectivity index (χ1n) is 10.6. The number of nitrogens with zero attached hydrogens (tertiary/aromatic N) is 2. The Morgan fingerprint density at radius 1 is 1.22 bits per heavy atom. The lowest BCUT2D eigenvalue weighted by Gasteiger charge is -2.56. The molecule has 2 aromatic carbocycles. The third kappa shape index (κ3) is 3.86. The highest BCUT2D eigenvalue weighted by atomic mass is 79.9. The van der Waals surface area contributed by atoms with Gasteiger partial charge in [-0.05, 0) is 61.3 Å². The van der Waals surface area contributed by atoms with E-state index in [0.717, 1.165) is 31.1 Å². The number of carboxylic acids is 1. The second-order valence-electron chi connectivity index (χ2n) is 9.27. The zero-order chi connectivity index (χ0) is 22.6. The van der Waals surface area contributed by atoms with Gasteiger partial charge in [-0.3, -0.25) is 14.3 Å². The lowest BCUT2D eigenvalue weighted by atomic mass is 9.47. The van der Waals surface area contributed by atoms with Gasteiger partial charge in [0.1, 0.15) is 5.82 Å². The van der Waals surface area contributed by atoms with Crippen LogP contribution in [0.15, 0.2) is 41.0 Å². The van der Waals surface area contributed by atoms with Crippen LogP contribution in [0.3, 0.4) is 0 Å². The van der Waals surface area contributed by atoms with Crippen LogP contribution < -0.4 is 0 Å². The second kappa shape index (κ2) is 7.96. The molecule has 2 saturated carbocycles. The topological polar surface area (TPSA) is 72.2 Å². The van der Waals surface area contributed by atoms with Crippen LogP contribution in [0.2, 0.25) is 5.02 Å². The van der Waals surface area contributed by atoms with Gasteiger partial charge in [0.05, 0.1) is 24.2 Å². The van der Waals surface area contributed by atoms with E-state index >= 15 is 0 Å². The quantitative estimate of drug-likeness (QED) is 0.399. The number of rotatable bonds is 6.